The van der Waals surface area contributed by atoms with Crippen molar-refractivity contribution in [2.45, 2.75) is 6.42 Å². The fourth-order valence-electron chi connectivity index (χ4n) is 3.49. The minimum atomic E-state index is -0.443. The lowest BCUT2D eigenvalue weighted by atomic mass is 10.1. The van der Waals surface area contributed by atoms with Crippen LogP contribution >= 0.6 is 11.3 Å². The standard InChI is InChI=1S/C28H25N3O4S/c1-34-25-10-7-21(17-26(25)35-2)27(32)31-24(18-23-4-3-15-36-23)28(33)30-22-8-5-19(6-9-22)16-20-11-13-29-14-12-20/h3-15,17-18H,16H2,1-2H3,(H,30,33)(H,31,32)/b24-18-. The molecule has 0 atom stereocenters. The molecule has 2 aromatic heterocycles. The zero-order valence-electron chi connectivity index (χ0n) is 19.9. The number of carbonyl (C=O) groups is 2. The number of carbonyl (C=O) groups excluding carboxylic acids is 2. The van der Waals surface area contributed by atoms with Gasteiger partial charge in [0.15, 0.2) is 11.5 Å². The van der Waals surface area contributed by atoms with Crippen molar-refractivity contribution in [3.8, 4) is 11.5 Å². The van der Waals surface area contributed by atoms with Gasteiger partial charge in [0, 0.05) is 28.5 Å². The molecule has 0 unspecified atom stereocenters. The zero-order chi connectivity index (χ0) is 25.3. The average molecular weight is 500 g/mol. The number of hydrogen-bond donors (Lipinski definition) is 2. The number of aromatic nitrogens is 1. The molecule has 8 heteroatoms. The van der Waals surface area contributed by atoms with Crippen molar-refractivity contribution in [3.63, 3.8) is 0 Å². The SMILES string of the molecule is COc1ccc(C(=O)N/C(=C\c2cccs2)C(=O)Nc2ccc(Cc3ccncc3)cc2)cc1OC. The molecule has 0 radical (unpaired) electrons. The molecular formula is C28H25N3O4S. The minimum Gasteiger partial charge on any atom is -0.493 e. The van der Waals surface area contributed by atoms with Crippen LogP contribution in [0, 0.1) is 0 Å². The smallest absolute Gasteiger partial charge is 0.272 e. The Hall–Kier alpha value is -4.43. The third kappa shape index (κ3) is 6.37. The maximum absolute atomic E-state index is 13.2. The number of pyridine rings is 1. The van der Waals surface area contributed by atoms with Gasteiger partial charge in [0.1, 0.15) is 5.70 Å². The molecule has 0 aliphatic carbocycles. The first kappa shape index (κ1) is 24.7. The first-order chi connectivity index (χ1) is 17.6. The molecule has 0 aliphatic heterocycles. The minimum absolute atomic E-state index is 0.123. The van der Waals surface area contributed by atoms with E-state index in [9.17, 15) is 9.59 Å². The molecule has 2 aromatic carbocycles. The second kappa shape index (κ2) is 11.8. The fraction of sp³-hybridized carbons (Fsp3) is 0.107. The van der Waals surface area contributed by atoms with E-state index in [4.69, 9.17) is 9.47 Å². The maximum atomic E-state index is 13.2. The van der Waals surface area contributed by atoms with Crippen LogP contribution in [0.1, 0.15) is 26.4 Å². The molecule has 0 spiro atoms. The number of methoxy groups -OCH3 is 2. The summed E-state index contributed by atoms with van der Waals surface area (Å²) < 4.78 is 10.5. The normalized spacial score (nSPS) is 11.0. The predicted octanol–water partition coefficient (Wildman–Crippen LogP) is 5.16. The van der Waals surface area contributed by atoms with Crippen LogP contribution in [0.3, 0.4) is 0 Å². The molecule has 4 rings (SSSR count). The van der Waals surface area contributed by atoms with Crippen LogP contribution in [0.4, 0.5) is 5.69 Å². The summed E-state index contributed by atoms with van der Waals surface area (Å²) >= 11 is 1.46. The van der Waals surface area contributed by atoms with E-state index in [1.165, 1.54) is 25.6 Å². The topological polar surface area (TPSA) is 89.5 Å². The van der Waals surface area contributed by atoms with Crippen molar-refractivity contribution in [1.82, 2.24) is 10.3 Å². The van der Waals surface area contributed by atoms with E-state index in [1.54, 1.807) is 36.7 Å². The Labute approximate surface area is 213 Å². The van der Waals surface area contributed by atoms with E-state index in [1.807, 2.05) is 53.9 Å². The van der Waals surface area contributed by atoms with Crippen LogP contribution in [0.2, 0.25) is 0 Å². The highest BCUT2D eigenvalue weighted by Crippen LogP contribution is 2.27. The Kier molecular flexibility index (Phi) is 8.10. The molecular weight excluding hydrogens is 474 g/mol. The largest absolute Gasteiger partial charge is 0.493 e. The van der Waals surface area contributed by atoms with Gasteiger partial charge in [-0.15, -0.1) is 11.3 Å². The van der Waals surface area contributed by atoms with Crippen molar-refractivity contribution >= 4 is 34.9 Å². The summed E-state index contributed by atoms with van der Waals surface area (Å²) in [4.78, 5) is 31.0. The number of anilines is 1. The molecule has 0 saturated carbocycles. The first-order valence-corrected chi connectivity index (χ1v) is 12.0. The molecule has 2 N–H and O–H groups in total. The molecule has 0 aliphatic rings. The highest BCUT2D eigenvalue weighted by Gasteiger charge is 2.17. The summed E-state index contributed by atoms with van der Waals surface area (Å²) in [6, 6.07) is 20.1. The summed E-state index contributed by atoms with van der Waals surface area (Å²) in [7, 11) is 3.02. The summed E-state index contributed by atoms with van der Waals surface area (Å²) in [6.07, 6.45) is 5.95. The van der Waals surface area contributed by atoms with Gasteiger partial charge in [0.2, 0.25) is 0 Å². The third-order valence-corrected chi connectivity index (χ3v) is 6.16. The number of benzene rings is 2. The summed E-state index contributed by atoms with van der Waals surface area (Å²) in [6.45, 7) is 0. The maximum Gasteiger partial charge on any atom is 0.272 e. The summed E-state index contributed by atoms with van der Waals surface area (Å²) in [5.41, 5.74) is 3.34. The van der Waals surface area contributed by atoms with E-state index >= 15 is 0 Å². The summed E-state index contributed by atoms with van der Waals surface area (Å²) in [5.74, 6) is 0.0551. The van der Waals surface area contributed by atoms with Gasteiger partial charge in [-0.25, -0.2) is 0 Å². The van der Waals surface area contributed by atoms with Gasteiger partial charge in [0.05, 0.1) is 14.2 Å². The van der Waals surface area contributed by atoms with E-state index in [-0.39, 0.29) is 5.70 Å². The second-order valence-electron chi connectivity index (χ2n) is 7.78. The molecule has 7 nitrogen and oxygen atoms in total. The highest BCUT2D eigenvalue weighted by atomic mass is 32.1. The Morgan fingerprint density at radius 1 is 0.917 bits per heavy atom. The second-order valence-corrected chi connectivity index (χ2v) is 8.76. The first-order valence-electron chi connectivity index (χ1n) is 11.1. The fourth-order valence-corrected chi connectivity index (χ4v) is 4.14. The number of amides is 2. The van der Waals surface area contributed by atoms with Crippen LogP contribution in [0.25, 0.3) is 6.08 Å². The average Bonchev–Trinajstić information content (AvgIpc) is 3.42. The van der Waals surface area contributed by atoms with Crippen LogP contribution in [0.15, 0.2) is 90.2 Å². The number of nitrogens with zero attached hydrogens (tertiary/aromatic N) is 1. The molecule has 0 fully saturated rings. The van der Waals surface area contributed by atoms with Gasteiger partial charge >= 0.3 is 0 Å². The van der Waals surface area contributed by atoms with E-state index < -0.39 is 11.8 Å². The van der Waals surface area contributed by atoms with Crippen molar-refractivity contribution in [2.24, 2.45) is 0 Å². The van der Waals surface area contributed by atoms with Crippen molar-refractivity contribution in [2.75, 3.05) is 19.5 Å². The third-order valence-electron chi connectivity index (χ3n) is 5.34. The van der Waals surface area contributed by atoms with Gasteiger partial charge in [-0.05, 0) is 77.5 Å². The number of hydrogen-bond acceptors (Lipinski definition) is 6. The quantitative estimate of drug-likeness (QED) is 0.311. The van der Waals surface area contributed by atoms with Crippen LogP contribution < -0.4 is 20.1 Å². The number of rotatable bonds is 9. The number of nitrogens with one attached hydrogen (secondary N) is 2. The van der Waals surface area contributed by atoms with Gasteiger partial charge in [-0.1, -0.05) is 18.2 Å². The summed E-state index contributed by atoms with van der Waals surface area (Å²) in [5, 5.41) is 7.51. The van der Waals surface area contributed by atoms with Crippen molar-refractivity contribution < 1.29 is 19.1 Å². The lowest BCUT2D eigenvalue weighted by Crippen LogP contribution is -2.30. The molecule has 2 heterocycles. The lowest BCUT2D eigenvalue weighted by molar-refractivity contribution is -0.113. The molecule has 4 aromatic rings. The Balaban J connectivity index is 1.50. The predicted molar refractivity (Wildman–Crippen MR) is 141 cm³/mol. The molecule has 0 bridgehead atoms. The van der Waals surface area contributed by atoms with E-state index in [0.29, 0.717) is 22.7 Å². The molecule has 0 saturated heterocycles. The number of thiophene rings is 1. The molecule has 36 heavy (non-hydrogen) atoms. The Morgan fingerprint density at radius 3 is 2.31 bits per heavy atom. The van der Waals surface area contributed by atoms with Crippen LogP contribution in [0.5, 0.6) is 11.5 Å². The molecule has 2 amide bonds. The van der Waals surface area contributed by atoms with Gasteiger partial charge < -0.3 is 20.1 Å². The Bertz CT molecular complexity index is 1350. The van der Waals surface area contributed by atoms with E-state index in [2.05, 4.69) is 15.6 Å². The van der Waals surface area contributed by atoms with Gasteiger partial charge in [-0.2, -0.15) is 0 Å². The van der Waals surface area contributed by atoms with Crippen LogP contribution in [-0.2, 0) is 11.2 Å². The zero-order valence-corrected chi connectivity index (χ0v) is 20.7. The van der Waals surface area contributed by atoms with Gasteiger partial charge in [-0.3, -0.25) is 14.6 Å². The highest BCUT2D eigenvalue weighted by molar-refractivity contribution is 7.10. The van der Waals surface area contributed by atoms with E-state index in [0.717, 1.165) is 22.4 Å². The number of ether oxygens (including phenoxy) is 2. The van der Waals surface area contributed by atoms with Crippen LogP contribution in [-0.4, -0.2) is 31.0 Å². The Morgan fingerprint density at radius 2 is 1.64 bits per heavy atom. The lowest BCUT2D eigenvalue weighted by Gasteiger charge is -2.13. The molecule has 182 valence electrons. The van der Waals surface area contributed by atoms with Gasteiger partial charge in [0.25, 0.3) is 11.8 Å². The monoisotopic (exact) mass is 499 g/mol. The van der Waals surface area contributed by atoms with Crippen molar-refractivity contribution in [3.05, 3.63) is 112 Å². The van der Waals surface area contributed by atoms with Crippen molar-refractivity contribution in [1.29, 1.82) is 0 Å².